The standard InChI is InChI=1S/C26H22N6O2/c1-14-13-19-21(26(33)29-14)25(30-18-7-3-5-15-6-4-11-28-22(15)18)24(31-19)16-10-12-27-17-8-9-20(34-2)32-23(16)17/h3-12,14,30-31H,13H2,1-2H3,(H,29,33)/t14-/m0/s1. The number of hydrogen-bond donors (Lipinski definition) is 3. The highest BCUT2D eigenvalue weighted by Crippen LogP contribution is 2.40. The molecule has 8 nitrogen and oxygen atoms in total. The lowest BCUT2D eigenvalue weighted by atomic mass is 10.0. The van der Waals surface area contributed by atoms with Gasteiger partial charge < -0.3 is 20.4 Å². The van der Waals surface area contributed by atoms with Crippen molar-refractivity contribution in [1.82, 2.24) is 25.3 Å². The van der Waals surface area contributed by atoms with Crippen LogP contribution in [0.15, 0.2) is 60.9 Å². The zero-order valence-corrected chi connectivity index (χ0v) is 18.7. The molecule has 0 saturated heterocycles. The predicted molar refractivity (Wildman–Crippen MR) is 132 cm³/mol. The molecule has 1 aromatic carbocycles. The van der Waals surface area contributed by atoms with E-state index in [-0.39, 0.29) is 11.9 Å². The lowest BCUT2D eigenvalue weighted by molar-refractivity contribution is 0.0930. The van der Waals surface area contributed by atoms with E-state index in [4.69, 9.17) is 4.74 Å². The molecule has 1 aliphatic rings. The van der Waals surface area contributed by atoms with E-state index in [0.29, 0.717) is 29.1 Å². The van der Waals surface area contributed by atoms with Crippen LogP contribution < -0.4 is 15.4 Å². The Kier molecular flexibility index (Phi) is 4.65. The number of rotatable bonds is 4. The summed E-state index contributed by atoms with van der Waals surface area (Å²) in [5.74, 6) is 0.382. The fourth-order valence-electron chi connectivity index (χ4n) is 4.60. The number of H-pyrrole nitrogens is 1. The van der Waals surface area contributed by atoms with Crippen LogP contribution in [0.25, 0.3) is 33.2 Å². The molecule has 5 aromatic rings. The molecule has 0 unspecified atom stereocenters. The van der Waals surface area contributed by atoms with Crippen LogP contribution >= 0.6 is 0 Å². The predicted octanol–water partition coefficient (Wildman–Crippen LogP) is 4.60. The lowest BCUT2D eigenvalue weighted by Gasteiger charge is -2.21. The summed E-state index contributed by atoms with van der Waals surface area (Å²) in [6.07, 6.45) is 4.21. The fraction of sp³-hybridized carbons (Fsp3) is 0.154. The van der Waals surface area contributed by atoms with Crippen molar-refractivity contribution < 1.29 is 9.53 Å². The first kappa shape index (κ1) is 20.2. The Bertz CT molecular complexity index is 1570. The molecule has 4 aromatic heterocycles. The summed E-state index contributed by atoms with van der Waals surface area (Å²) in [5, 5.41) is 7.59. The molecule has 0 aliphatic carbocycles. The van der Waals surface area contributed by atoms with Crippen LogP contribution in [-0.4, -0.2) is 39.0 Å². The minimum absolute atomic E-state index is 0.0333. The van der Waals surface area contributed by atoms with Crippen molar-refractivity contribution >= 4 is 39.2 Å². The average Bonchev–Trinajstić information content (AvgIpc) is 3.21. The highest BCUT2D eigenvalue weighted by Gasteiger charge is 2.30. The number of ether oxygens (including phenoxy) is 1. The van der Waals surface area contributed by atoms with Crippen molar-refractivity contribution in [3.05, 3.63) is 72.2 Å². The summed E-state index contributed by atoms with van der Waals surface area (Å²) in [4.78, 5) is 30.4. The van der Waals surface area contributed by atoms with Crippen LogP contribution in [0.1, 0.15) is 23.0 Å². The second kappa shape index (κ2) is 7.84. The summed E-state index contributed by atoms with van der Waals surface area (Å²) >= 11 is 0. The van der Waals surface area contributed by atoms with Gasteiger partial charge in [0.25, 0.3) is 5.91 Å². The van der Waals surface area contributed by atoms with Crippen molar-refractivity contribution in [3.63, 3.8) is 0 Å². The van der Waals surface area contributed by atoms with Crippen LogP contribution in [0.3, 0.4) is 0 Å². The highest BCUT2D eigenvalue weighted by atomic mass is 16.5. The smallest absolute Gasteiger partial charge is 0.255 e. The van der Waals surface area contributed by atoms with Crippen LogP contribution in [-0.2, 0) is 6.42 Å². The number of carbonyl (C=O) groups is 1. The van der Waals surface area contributed by atoms with Gasteiger partial charge in [-0.1, -0.05) is 18.2 Å². The number of methoxy groups -OCH3 is 1. The second-order valence-corrected chi connectivity index (χ2v) is 8.39. The maximum Gasteiger partial charge on any atom is 0.255 e. The number of fused-ring (bicyclic) bond motifs is 3. The molecule has 8 heteroatoms. The minimum atomic E-state index is -0.115. The van der Waals surface area contributed by atoms with Crippen molar-refractivity contribution in [1.29, 1.82) is 0 Å². The molecule has 0 radical (unpaired) electrons. The molecule has 0 bridgehead atoms. The van der Waals surface area contributed by atoms with Gasteiger partial charge in [0.2, 0.25) is 5.88 Å². The van der Waals surface area contributed by atoms with E-state index in [9.17, 15) is 4.79 Å². The van der Waals surface area contributed by atoms with Crippen molar-refractivity contribution in [3.8, 4) is 17.1 Å². The van der Waals surface area contributed by atoms with Gasteiger partial charge in [0, 0.05) is 47.6 Å². The van der Waals surface area contributed by atoms with E-state index in [0.717, 1.165) is 39.1 Å². The summed E-state index contributed by atoms with van der Waals surface area (Å²) in [6.45, 7) is 2.00. The number of carbonyl (C=O) groups excluding carboxylic acids is 1. The molecule has 6 rings (SSSR count). The number of pyridine rings is 3. The van der Waals surface area contributed by atoms with Crippen molar-refractivity contribution in [2.75, 3.05) is 12.4 Å². The number of aromatic nitrogens is 4. The maximum atomic E-state index is 13.1. The molecule has 1 aliphatic heterocycles. The van der Waals surface area contributed by atoms with Gasteiger partial charge in [0.05, 0.1) is 40.8 Å². The normalized spacial score (nSPS) is 15.2. The van der Waals surface area contributed by atoms with E-state index in [1.165, 1.54) is 0 Å². The zero-order valence-electron chi connectivity index (χ0n) is 18.7. The van der Waals surface area contributed by atoms with E-state index in [2.05, 4.69) is 30.6 Å². The topological polar surface area (TPSA) is 105 Å². The van der Waals surface area contributed by atoms with Gasteiger partial charge in [0.1, 0.15) is 5.52 Å². The van der Waals surface area contributed by atoms with Gasteiger partial charge in [-0.15, -0.1) is 0 Å². The third kappa shape index (κ3) is 3.23. The first-order valence-electron chi connectivity index (χ1n) is 11.1. The first-order valence-corrected chi connectivity index (χ1v) is 11.1. The summed E-state index contributed by atoms with van der Waals surface area (Å²) in [7, 11) is 1.59. The molecular formula is C26H22N6O2. The number of hydrogen-bond acceptors (Lipinski definition) is 6. The number of anilines is 2. The van der Waals surface area contributed by atoms with Gasteiger partial charge in [-0.25, -0.2) is 4.98 Å². The molecule has 5 heterocycles. The Balaban J connectivity index is 1.60. The van der Waals surface area contributed by atoms with Crippen LogP contribution in [0.2, 0.25) is 0 Å². The van der Waals surface area contributed by atoms with Gasteiger partial charge in [-0.3, -0.25) is 14.8 Å². The van der Waals surface area contributed by atoms with E-state index < -0.39 is 0 Å². The Labute approximate surface area is 195 Å². The Hall–Kier alpha value is -4.46. The number of benzene rings is 1. The summed E-state index contributed by atoms with van der Waals surface area (Å²) in [5.41, 5.74) is 6.85. The Morgan fingerprint density at radius 1 is 1.03 bits per heavy atom. The fourth-order valence-corrected chi connectivity index (χ4v) is 4.60. The number of para-hydroxylation sites is 1. The molecule has 3 N–H and O–H groups in total. The quantitative estimate of drug-likeness (QED) is 0.370. The van der Waals surface area contributed by atoms with Crippen LogP contribution in [0.4, 0.5) is 11.4 Å². The SMILES string of the molecule is COc1ccc2nccc(-c3[nH]c4c(c3Nc3cccc5cccnc35)C(=O)N[C@@H](C)C4)c2n1. The highest BCUT2D eigenvalue weighted by molar-refractivity contribution is 6.09. The van der Waals surface area contributed by atoms with Crippen molar-refractivity contribution in [2.45, 2.75) is 19.4 Å². The molecule has 34 heavy (non-hydrogen) atoms. The lowest BCUT2D eigenvalue weighted by Crippen LogP contribution is -2.39. The summed E-state index contributed by atoms with van der Waals surface area (Å²) < 4.78 is 5.36. The number of nitrogens with zero attached hydrogens (tertiary/aromatic N) is 3. The monoisotopic (exact) mass is 450 g/mol. The maximum absolute atomic E-state index is 13.1. The van der Waals surface area contributed by atoms with Crippen molar-refractivity contribution in [2.24, 2.45) is 0 Å². The van der Waals surface area contributed by atoms with Crippen LogP contribution in [0, 0.1) is 0 Å². The van der Waals surface area contributed by atoms with E-state index >= 15 is 0 Å². The number of aromatic amines is 1. The number of nitrogens with one attached hydrogen (secondary N) is 3. The third-order valence-electron chi connectivity index (χ3n) is 6.12. The molecule has 0 saturated carbocycles. The van der Waals surface area contributed by atoms with E-state index in [1.54, 1.807) is 25.6 Å². The van der Waals surface area contributed by atoms with Gasteiger partial charge in [-0.05, 0) is 31.2 Å². The Morgan fingerprint density at radius 2 is 1.91 bits per heavy atom. The first-order chi connectivity index (χ1) is 16.6. The van der Waals surface area contributed by atoms with Gasteiger partial charge in [0.15, 0.2) is 0 Å². The van der Waals surface area contributed by atoms with Gasteiger partial charge in [-0.2, -0.15) is 0 Å². The molecule has 1 amide bonds. The number of amides is 1. The molecular weight excluding hydrogens is 428 g/mol. The van der Waals surface area contributed by atoms with Crippen LogP contribution in [0.5, 0.6) is 5.88 Å². The van der Waals surface area contributed by atoms with E-state index in [1.807, 2.05) is 49.4 Å². The van der Waals surface area contributed by atoms with Gasteiger partial charge >= 0.3 is 0 Å². The Morgan fingerprint density at radius 3 is 2.79 bits per heavy atom. The average molecular weight is 451 g/mol. The molecule has 1 atom stereocenters. The summed E-state index contributed by atoms with van der Waals surface area (Å²) in [6, 6.07) is 15.5. The minimum Gasteiger partial charge on any atom is -0.481 e. The largest absolute Gasteiger partial charge is 0.481 e. The zero-order chi connectivity index (χ0) is 23.2. The molecule has 0 spiro atoms. The third-order valence-corrected chi connectivity index (χ3v) is 6.12. The molecule has 168 valence electrons. The molecule has 0 fully saturated rings. The second-order valence-electron chi connectivity index (χ2n) is 8.39.